The van der Waals surface area contributed by atoms with Crippen molar-refractivity contribution in [3.8, 4) is 0 Å². The van der Waals surface area contributed by atoms with Crippen LogP contribution in [-0.2, 0) is 9.59 Å². The van der Waals surface area contributed by atoms with E-state index in [0.29, 0.717) is 12.6 Å². The summed E-state index contributed by atoms with van der Waals surface area (Å²) in [5.41, 5.74) is 0. The van der Waals surface area contributed by atoms with Crippen molar-refractivity contribution in [3.63, 3.8) is 0 Å². The van der Waals surface area contributed by atoms with Crippen LogP contribution in [0.2, 0.25) is 0 Å². The molecule has 1 amide bonds. The van der Waals surface area contributed by atoms with Gasteiger partial charge in [-0.3, -0.25) is 14.5 Å². The van der Waals surface area contributed by atoms with Crippen LogP contribution < -0.4 is 5.32 Å². The standard InChI is InChI=1S/C14H26N2O3/c1-4-5-10(2)15-14(19)11(3)16(12-6-7-12)9-8-13(17)18/h10-12H,4-9H2,1-3H3,(H,15,19)(H,17,18). The number of aliphatic carboxylic acids is 1. The van der Waals surface area contributed by atoms with Crippen LogP contribution in [0.5, 0.6) is 0 Å². The first-order valence-corrected chi connectivity index (χ1v) is 7.23. The zero-order chi connectivity index (χ0) is 14.4. The van der Waals surface area contributed by atoms with Crippen LogP contribution in [0.4, 0.5) is 0 Å². The van der Waals surface area contributed by atoms with Gasteiger partial charge in [-0.25, -0.2) is 0 Å². The van der Waals surface area contributed by atoms with E-state index in [0.717, 1.165) is 25.7 Å². The van der Waals surface area contributed by atoms with Gasteiger partial charge in [0.25, 0.3) is 0 Å². The Morgan fingerprint density at radius 2 is 2.00 bits per heavy atom. The average Bonchev–Trinajstić information content (AvgIpc) is 3.13. The van der Waals surface area contributed by atoms with E-state index >= 15 is 0 Å². The minimum atomic E-state index is -0.808. The topological polar surface area (TPSA) is 69.6 Å². The summed E-state index contributed by atoms with van der Waals surface area (Å²) in [5.74, 6) is -0.796. The van der Waals surface area contributed by atoms with Crippen LogP contribution in [0.3, 0.4) is 0 Å². The minimum Gasteiger partial charge on any atom is -0.481 e. The van der Waals surface area contributed by atoms with Gasteiger partial charge in [0.05, 0.1) is 12.5 Å². The molecular weight excluding hydrogens is 244 g/mol. The molecule has 0 bridgehead atoms. The fraction of sp³-hybridized carbons (Fsp3) is 0.857. The summed E-state index contributed by atoms with van der Waals surface area (Å²) in [6, 6.07) is 0.327. The van der Waals surface area contributed by atoms with Gasteiger partial charge in [-0.05, 0) is 33.1 Å². The average molecular weight is 270 g/mol. The Morgan fingerprint density at radius 3 is 2.47 bits per heavy atom. The highest BCUT2D eigenvalue weighted by Crippen LogP contribution is 2.28. The zero-order valence-corrected chi connectivity index (χ0v) is 12.2. The quantitative estimate of drug-likeness (QED) is 0.668. The molecule has 5 nitrogen and oxygen atoms in total. The fourth-order valence-electron chi connectivity index (χ4n) is 2.34. The normalized spacial score (nSPS) is 18.1. The molecule has 1 aliphatic carbocycles. The highest BCUT2D eigenvalue weighted by Gasteiger charge is 2.35. The Bertz CT molecular complexity index is 316. The number of hydrogen-bond donors (Lipinski definition) is 2. The lowest BCUT2D eigenvalue weighted by molar-refractivity contribution is -0.138. The summed E-state index contributed by atoms with van der Waals surface area (Å²) < 4.78 is 0. The van der Waals surface area contributed by atoms with Crippen LogP contribution >= 0.6 is 0 Å². The third kappa shape index (κ3) is 5.59. The third-order valence-electron chi connectivity index (χ3n) is 3.59. The second-order valence-corrected chi connectivity index (χ2v) is 5.49. The number of carboxylic acids is 1. The van der Waals surface area contributed by atoms with Crippen molar-refractivity contribution >= 4 is 11.9 Å². The van der Waals surface area contributed by atoms with Crippen LogP contribution in [0, 0.1) is 0 Å². The Hall–Kier alpha value is -1.10. The second kappa shape index (κ2) is 7.48. The molecule has 5 heteroatoms. The predicted octanol–water partition coefficient (Wildman–Crippen LogP) is 1.62. The first-order chi connectivity index (χ1) is 8.95. The molecule has 110 valence electrons. The number of carboxylic acid groups (broad SMARTS) is 1. The van der Waals surface area contributed by atoms with Gasteiger partial charge in [0.1, 0.15) is 0 Å². The van der Waals surface area contributed by atoms with E-state index in [-0.39, 0.29) is 24.4 Å². The monoisotopic (exact) mass is 270 g/mol. The number of carbonyl (C=O) groups excluding carboxylic acids is 1. The number of hydrogen-bond acceptors (Lipinski definition) is 3. The number of nitrogens with one attached hydrogen (secondary N) is 1. The van der Waals surface area contributed by atoms with Gasteiger partial charge in [-0.2, -0.15) is 0 Å². The third-order valence-corrected chi connectivity index (χ3v) is 3.59. The largest absolute Gasteiger partial charge is 0.481 e. The molecule has 0 aromatic heterocycles. The number of nitrogens with zero attached hydrogens (tertiary/aromatic N) is 1. The molecule has 0 aliphatic heterocycles. The molecule has 2 unspecified atom stereocenters. The van der Waals surface area contributed by atoms with Crippen molar-refractivity contribution < 1.29 is 14.7 Å². The van der Waals surface area contributed by atoms with Gasteiger partial charge in [-0.15, -0.1) is 0 Å². The smallest absolute Gasteiger partial charge is 0.304 e. The number of amides is 1. The lowest BCUT2D eigenvalue weighted by Gasteiger charge is -2.28. The van der Waals surface area contributed by atoms with E-state index in [2.05, 4.69) is 12.2 Å². The lowest BCUT2D eigenvalue weighted by Crippen LogP contribution is -2.49. The van der Waals surface area contributed by atoms with Crippen molar-refractivity contribution in [1.82, 2.24) is 10.2 Å². The van der Waals surface area contributed by atoms with Crippen LogP contribution in [-0.4, -0.2) is 46.6 Å². The molecule has 1 rings (SSSR count). The van der Waals surface area contributed by atoms with Crippen LogP contribution in [0.1, 0.15) is 52.9 Å². The molecule has 19 heavy (non-hydrogen) atoms. The predicted molar refractivity (Wildman–Crippen MR) is 74.0 cm³/mol. The van der Waals surface area contributed by atoms with Gasteiger partial charge >= 0.3 is 5.97 Å². The van der Waals surface area contributed by atoms with Gasteiger partial charge in [0.2, 0.25) is 5.91 Å². The van der Waals surface area contributed by atoms with Crippen molar-refractivity contribution in [2.45, 2.75) is 71.0 Å². The molecule has 0 heterocycles. The second-order valence-electron chi connectivity index (χ2n) is 5.49. The molecule has 2 N–H and O–H groups in total. The van der Waals surface area contributed by atoms with Crippen molar-refractivity contribution in [3.05, 3.63) is 0 Å². The maximum Gasteiger partial charge on any atom is 0.304 e. The molecule has 1 aliphatic rings. The van der Waals surface area contributed by atoms with Crippen molar-refractivity contribution in [2.24, 2.45) is 0 Å². The van der Waals surface area contributed by atoms with Gasteiger partial charge in [0, 0.05) is 18.6 Å². The lowest BCUT2D eigenvalue weighted by atomic mass is 10.1. The van der Waals surface area contributed by atoms with E-state index in [9.17, 15) is 9.59 Å². The molecule has 0 spiro atoms. The zero-order valence-electron chi connectivity index (χ0n) is 12.2. The summed E-state index contributed by atoms with van der Waals surface area (Å²) in [7, 11) is 0. The molecule has 1 saturated carbocycles. The Labute approximate surface area is 115 Å². The van der Waals surface area contributed by atoms with Gasteiger partial charge in [-0.1, -0.05) is 13.3 Å². The Kier molecular flexibility index (Phi) is 6.28. The van der Waals surface area contributed by atoms with E-state index < -0.39 is 5.97 Å². The van der Waals surface area contributed by atoms with Crippen LogP contribution in [0.15, 0.2) is 0 Å². The highest BCUT2D eigenvalue weighted by atomic mass is 16.4. The molecule has 0 radical (unpaired) electrons. The van der Waals surface area contributed by atoms with Crippen LogP contribution in [0.25, 0.3) is 0 Å². The molecule has 1 fully saturated rings. The van der Waals surface area contributed by atoms with Crippen molar-refractivity contribution in [1.29, 1.82) is 0 Å². The van der Waals surface area contributed by atoms with E-state index in [1.807, 2.05) is 18.7 Å². The minimum absolute atomic E-state index is 0.0123. The Balaban J connectivity index is 2.48. The summed E-state index contributed by atoms with van der Waals surface area (Å²) in [6.07, 6.45) is 4.25. The first kappa shape index (κ1) is 16.0. The van der Waals surface area contributed by atoms with E-state index in [4.69, 9.17) is 5.11 Å². The fourth-order valence-corrected chi connectivity index (χ4v) is 2.34. The molecule has 0 aromatic carbocycles. The van der Waals surface area contributed by atoms with Gasteiger partial charge < -0.3 is 10.4 Å². The summed E-state index contributed by atoms with van der Waals surface area (Å²) in [5, 5.41) is 11.8. The maximum absolute atomic E-state index is 12.1. The summed E-state index contributed by atoms with van der Waals surface area (Å²) in [4.78, 5) is 24.9. The van der Waals surface area contributed by atoms with E-state index in [1.165, 1.54) is 0 Å². The number of rotatable bonds is 9. The SMILES string of the molecule is CCCC(C)NC(=O)C(C)N(CCC(=O)O)C1CC1. The maximum atomic E-state index is 12.1. The molecule has 0 saturated heterocycles. The molecular formula is C14H26N2O3. The summed E-state index contributed by atoms with van der Waals surface area (Å²) >= 11 is 0. The molecule has 0 aromatic rings. The highest BCUT2D eigenvalue weighted by molar-refractivity contribution is 5.81. The molecule has 2 atom stereocenters. The first-order valence-electron chi connectivity index (χ1n) is 7.23. The van der Waals surface area contributed by atoms with E-state index in [1.54, 1.807) is 0 Å². The van der Waals surface area contributed by atoms with Crippen molar-refractivity contribution in [2.75, 3.05) is 6.54 Å². The Morgan fingerprint density at radius 1 is 1.37 bits per heavy atom. The summed E-state index contributed by atoms with van der Waals surface area (Å²) in [6.45, 7) is 6.42. The van der Waals surface area contributed by atoms with Gasteiger partial charge in [0.15, 0.2) is 0 Å². The number of carbonyl (C=O) groups is 2.